The van der Waals surface area contributed by atoms with Crippen molar-refractivity contribution in [3.8, 4) is 0 Å². The van der Waals surface area contributed by atoms with E-state index in [4.69, 9.17) is 9.84 Å². The van der Waals surface area contributed by atoms with Crippen molar-refractivity contribution in [1.82, 2.24) is 0 Å². The molecule has 0 unspecified atom stereocenters. The van der Waals surface area contributed by atoms with E-state index in [1.54, 1.807) is 6.08 Å². The number of carboxylic acid groups (broad SMARTS) is 1. The summed E-state index contributed by atoms with van der Waals surface area (Å²) in [5.41, 5.74) is 3.20. The Balaban J connectivity index is 2.02. The van der Waals surface area contributed by atoms with Gasteiger partial charge < -0.3 is 14.7 Å². The summed E-state index contributed by atoms with van der Waals surface area (Å²) in [6.45, 7) is 4.79. The van der Waals surface area contributed by atoms with Crippen LogP contribution < -0.4 is 4.90 Å². The highest BCUT2D eigenvalue weighted by Crippen LogP contribution is 2.22. The summed E-state index contributed by atoms with van der Waals surface area (Å²) in [6, 6.07) is 6.14. The topological polar surface area (TPSA) is 49.8 Å². The van der Waals surface area contributed by atoms with E-state index in [2.05, 4.69) is 18.0 Å². The third kappa shape index (κ3) is 4.60. The van der Waals surface area contributed by atoms with Crippen LogP contribution in [0.4, 0.5) is 5.69 Å². The third-order valence-electron chi connectivity index (χ3n) is 3.97. The predicted octanol–water partition coefficient (Wildman–Crippen LogP) is 2.96. The van der Waals surface area contributed by atoms with Gasteiger partial charge in [-0.05, 0) is 55.0 Å². The van der Waals surface area contributed by atoms with Crippen LogP contribution in [0.2, 0.25) is 0 Å². The maximum atomic E-state index is 10.6. The molecule has 0 amide bonds. The zero-order chi connectivity index (χ0) is 15.2. The molecule has 21 heavy (non-hydrogen) atoms. The Morgan fingerprint density at radius 2 is 2.14 bits per heavy atom. The second-order valence-electron chi connectivity index (χ2n) is 5.65. The van der Waals surface area contributed by atoms with E-state index in [1.807, 2.05) is 19.1 Å². The molecule has 1 aliphatic rings. The summed E-state index contributed by atoms with van der Waals surface area (Å²) in [5, 5.41) is 8.69. The minimum absolute atomic E-state index is 0.690. The third-order valence-corrected chi connectivity index (χ3v) is 3.97. The summed E-state index contributed by atoms with van der Waals surface area (Å²) < 4.78 is 5.39. The monoisotopic (exact) mass is 289 g/mol. The molecule has 114 valence electrons. The zero-order valence-electron chi connectivity index (χ0n) is 12.7. The molecule has 1 aromatic rings. The van der Waals surface area contributed by atoms with Gasteiger partial charge in [0.2, 0.25) is 0 Å². The second kappa shape index (κ2) is 7.27. The van der Waals surface area contributed by atoms with Gasteiger partial charge in [-0.1, -0.05) is 6.07 Å². The average Bonchev–Trinajstić information content (AvgIpc) is 2.46. The van der Waals surface area contributed by atoms with Crippen LogP contribution in [0.5, 0.6) is 0 Å². The molecule has 0 aliphatic carbocycles. The highest BCUT2D eigenvalue weighted by Gasteiger charge is 2.16. The average molecular weight is 289 g/mol. The highest BCUT2D eigenvalue weighted by atomic mass is 16.5. The maximum Gasteiger partial charge on any atom is 0.328 e. The van der Waals surface area contributed by atoms with Crippen LogP contribution in [0.3, 0.4) is 0 Å². The molecular formula is C17H23NO3. The number of benzene rings is 1. The van der Waals surface area contributed by atoms with Gasteiger partial charge in [0.25, 0.3) is 0 Å². The Hall–Kier alpha value is -1.81. The number of carbonyl (C=O) groups is 1. The van der Waals surface area contributed by atoms with Crippen LogP contribution in [-0.2, 0) is 9.53 Å². The lowest BCUT2D eigenvalue weighted by molar-refractivity contribution is -0.131. The molecule has 1 aromatic carbocycles. The molecule has 1 saturated heterocycles. The van der Waals surface area contributed by atoms with Gasteiger partial charge in [0.15, 0.2) is 0 Å². The largest absolute Gasteiger partial charge is 0.478 e. The molecule has 0 radical (unpaired) electrons. The van der Waals surface area contributed by atoms with E-state index in [0.717, 1.165) is 43.7 Å². The lowest BCUT2D eigenvalue weighted by Crippen LogP contribution is -2.29. The number of hydrogen-bond donors (Lipinski definition) is 1. The molecular weight excluding hydrogens is 266 g/mol. The van der Waals surface area contributed by atoms with Crippen LogP contribution in [-0.4, -0.2) is 37.9 Å². The number of anilines is 1. The fraction of sp³-hybridized carbons (Fsp3) is 0.471. The standard InChI is InChI=1S/C17H23NO3/c1-13-11-16(5-3-15(13)4-6-17(19)20)18(2)12-14-7-9-21-10-8-14/h3-6,11,14H,7-10,12H2,1-2H3,(H,19,20). The fourth-order valence-corrected chi connectivity index (χ4v) is 2.67. The van der Waals surface area contributed by atoms with Crippen molar-refractivity contribution in [2.45, 2.75) is 19.8 Å². The van der Waals surface area contributed by atoms with Crippen molar-refractivity contribution >= 4 is 17.7 Å². The molecule has 2 rings (SSSR count). The summed E-state index contributed by atoms with van der Waals surface area (Å²) in [5.74, 6) is -0.231. The maximum absolute atomic E-state index is 10.6. The minimum atomic E-state index is -0.921. The molecule has 0 aromatic heterocycles. The van der Waals surface area contributed by atoms with Crippen LogP contribution >= 0.6 is 0 Å². The molecule has 1 fully saturated rings. The highest BCUT2D eigenvalue weighted by molar-refractivity contribution is 5.85. The van der Waals surface area contributed by atoms with Crippen molar-refractivity contribution in [3.63, 3.8) is 0 Å². The van der Waals surface area contributed by atoms with Crippen LogP contribution in [0.25, 0.3) is 6.08 Å². The van der Waals surface area contributed by atoms with E-state index in [1.165, 1.54) is 11.8 Å². The number of aryl methyl sites for hydroxylation is 1. The number of hydrogen-bond acceptors (Lipinski definition) is 3. The van der Waals surface area contributed by atoms with Gasteiger partial charge in [-0.2, -0.15) is 0 Å². The number of ether oxygens (including phenoxy) is 1. The Labute approximate surface area is 126 Å². The SMILES string of the molecule is Cc1cc(N(C)CC2CCOCC2)ccc1C=CC(=O)O. The first-order valence-corrected chi connectivity index (χ1v) is 7.37. The summed E-state index contributed by atoms with van der Waals surface area (Å²) in [4.78, 5) is 12.8. The lowest BCUT2D eigenvalue weighted by atomic mass is 9.99. The van der Waals surface area contributed by atoms with Crippen molar-refractivity contribution in [3.05, 3.63) is 35.4 Å². The molecule has 0 bridgehead atoms. The van der Waals surface area contributed by atoms with Gasteiger partial charge in [-0.25, -0.2) is 4.79 Å². The first-order chi connectivity index (χ1) is 10.1. The van der Waals surface area contributed by atoms with Gasteiger partial charge in [-0.15, -0.1) is 0 Å². The first kappa shape index (κ1) is 15.6. The normalized spacial score (nSPS) is 16.3. The first-order valence-electron chi connectivity index (χ1n) is 7.37. The van der Waals surface area contributed by atoms with Crippen LogP contribution in [0, 0.1) is 12.8 Å². The molecule has 0 saturated carbocycles. The summed E-state index contributed by atoms with van der Waals surface area (Å²) >= 11 is 0. The number of rotatable bonds is 5. The summed E-state index contributed by atoms with van der Waals surface area (Å²) in [7, 11) is 2.11. The van der Waals surface area contributed by atoms with Crippen molar-refractivity contribution in [2.75, 3.05) is 31.7 Å². The quantitative estimate of drug-likeness (QED) is 0.847. The Morgan fingerprint density at radius 3 is 2.76 bits per heavy atom. The van der Waals surface area contributed by atoms with Crippen molar-refractivity contribution < 1.29 is 14.6 Å². The second-order valence-corrected chi connectivity index (χ2v) is 5.65. The van der Waals surface area contributed by atoms with E-state index in [0.29, 0.717) is 5.92 Å². The smallest absolute Gasteiger partial charge is 0.328 e. The minimum Gasteiger partial charge on any atom is -0.478 e. The van der Waals surface area contributed by atoms with E-state index in [-0.39, 0.29) is 0 Å². The molecule has 1 aliphatic heterocycles. The van der Waals surface area contributed by atoms with Gasteiger partial charge in [0.1, 0.15) is 0 Å². The number of aliphatic carboxylic acids is 1. The van der Waals surface area contributed by atoms with Gasteiger partial charge in [0.05, 0.1) is 0 Å². The molecule has 1 heterocycles. The summed E-state index contributed by atoms with van der Waals surface area (Å²) in [6.07, 6.45) is 5.07. The molecule has 4 heteroatoms. The van der Waals surface area contributed by atoms with E-state index >= 15 is 0 Å². The predicted molar refractivity (Wildman–Crippen MR) is 84.7 cm³/mol. The van der Waals surface area contributed by atoms with Gasteiger partial charge in [-0.3, -0.25) is 0 Å². The molecule has 4 nitrogen and oxygen atoms in total. The Bertz CT molecular complexity index is 519. The molecule has 1 N–H and O–H groups in total. The van der Waals surface area contributed by atoms with Gasteiger partial charge in [0, 0.05) is 38.6 Å². The Morgan fingerprint density at radius 1 is 1.43 bits per heavy atom. The van der Waals surface area contributed by atoms with Crippen LogP contribution in [0.15, 0.2) is 24.3 Å². The van der Waals surface area contributed by atoms with Gasteiger partial charge >= 0.3 is 5.97 Å². The number of carboxylic acids is 1. The lowest BCUT2D eigenvalue weighted by Gasteiger charge is -2.28. The Kier molecular flexibility index (Phi) is 5.39. The van der Waals surface area contributed by atoms with Crippen molar-refractivity contribution in [2.24, 2.45) is 5.92 Å². The molecule has 0 atom stereocenters. The fourth-order valence-electron chi connectivity index (χ4n) is 2.67. The number of nitrogens with zero attached hydrogens (tertiary/aromatic N) is 1. The van der Waals surface area contributed by atoms with E-state index in [9.17, 15) is 4.79 Å². The van der Waals surface area contributed by atoms with E-state index < -0.39 is 5.97 Å². The van der Waals surface area contributed by atoms with Crippen molar-refractivity contribution in [1.29, 1.82) is 0 Å². The van der Waals surface area contributed by atoms with Crippen LogP contribution in [0.1, 0.15) is 24.0 Å². The zero-order valence-corrected chi connectivity index (χ0v) is 12.7. The molecule has 0 spiro atoms.